The molecule has 0 spiro atoms. The second-order valence-corrected chi connectivity index (χ2v) is 4.42. The van der Waals surface area contributed by atoms with Gasteiger partial charge in [-0.05, 0) is 13.8 Å². The number of hydrogen-bond donors (Lipinski definition) is 0. The van der Waals surface area contributed by atoms with Crippen LogP contribution in [0.1, 0.15) is 30.6 Å². The Bertz CT molecular complexity index is 544. The number of benzene rings is 1. The van der Waals surface area contributed by atoms with Crippen LogP contribution in [-0.4, -0.2) is 11.4 Å². The topological polar surface area (TPSA) is 52.6 Å². The Morgan fingerprint density at radius 3 is 2.53 bits per heavy atom. The number of carbonyl (C=O) groups is 1. The Hall–Kier alpha value is -1.71. The van der Waals surface area contributed by atoms with Gasteiger partial charge in [0, 0.05) is 12.1 Å². The maximum absolute atomic E-state index is 11.8. The van der Waals surface area contributed by atoms with Crippen molar-refractivity contribution in [2.24, 2.45) is 0 Å². The molecule has 0 saturated heterocycles. The number of fused-ring (bicyclic) bond motifs is 2. The number of hydrogen-bond acceptors (Lipinski definition) is 4. The van der Waals surface area contributed by atoms with Gasteiger partial charge >= 0.3 is 0 Å². The largest absolute Gasteiger partial charge is 0.486 e. The summed E-state index contributed by atoms with van der Waals surface area (Å²) >= 11 is 0. The van der Waals surface area contributed by atoms with Crippen LogP contribution in [-0.2, 0) is 0 Å². The Kier molecular flexibility index (Phi) is 1.40. The average molecular weight is 206 g/mol. The van der Waals surface area contributed by atoms with E-state index in [4.69, 9.17) is 13.9 Å². The van der Waals surface area contributed by atoms with Crippen molar-refractivity contribution in [3.63, 3.8) is 0 Å². The molecule has 0 N–H and O–H groups in total. The van der Waals surface area contributed by atoms with Gasteiger partial charge in [-0.1, -0.05) is 0 Å². The maximum atomic E-state index is 11.8. The monoisotopic (exact) mass is 206 g/mol. The summed E-state index contributed by atoms with van der Waals surface area (Å²) in [5.41, 5.74) is 1.36. The molecule has 2 aromatic rings. The van der Waals surface area contributed by atoms with Crippen molar-refractivity contribution >= 4 is 16.9 Å². The van der Waals surface area contributed by atoms with Crippen LogP contribution in [0.3, 0.4) is 0 Å². The molecule has 0 radical (unpaired) electrons. The van der Waals surface area contributed by atoms with Crippen LogP contribution in [0, 0.1) is 0 Å². The van der Waals surface area contributed by atoms with E-state index in [0.29, 0.717) is 28.9 Å². The van der Waals surface area contributed by atoms with E-state index in [0.717, 1.165) is 0 Å². The van der Waals surface area contributed by atoms with E-state index in [1.807, 2.05) is 13.8 Å². The maximum Gasteiger partial charge on any atom is 0.229 e. The highest BCUT2D eigenvalue weighted by molar-refractivity contribution is 6.02. The Labute approximate surface area is 85.7 Å². The third-order valence-corrected chi connectivity index (χ3v) is 2.54. The second-order valence-electron chi connectivity index (χ2n) is 4.42. The van der Waals surface area contributed by atoms with Gasteiger partial charge in [0.25, 0.3) is 0 Å². The lowest BCUT2D eigenvalue weighted by Gasteiger charge is -2.31. The van der Waals surface area contributed by atoms with E-state index < -0.39 is 5.60 Å². The molecule has 2 heterocycles. The van der Waals surface area contributed by atoms with Crippen molar-refractivity contribution in [3.8, 4) is 5.75 Å². The fourth-order valence-corrected chi connectivity index (χ4v) is 1.85. The first-order chi connectivity index (χ1) is 7.05. The first-order valence-electron chi connectivity index (χ1n) is 4.80. The summed E-state index contributed by atoms with van der Waals surface area (Å²) < 4.78 is 15.2. The lowest BCUT2D eigenvalue weighted by atomic mass is 9.93. The van der Waals surface area contributed by atoms with Crippen molar-refractivity contribution in [2.75, 3.05) is 0 Å². The van der Waals surface area contributed by atoms with Gasteiger partial charge in [-0.3, -0.25) is 13.9 Å². The van der Waals surface area contributed by atoms with Crippen LogP contribution in [0.2, 0.25) is 0 Å². The van der Waals surface area contributed by atoms with Crippen molar-refractivity contribution < 1.29 is 18.7 Å². The van der Waals surface area contributed by atoms with E-state index in [9.17, 15) is 4.79 Å². The van der Waals surface area contributed by atoms with Gasteiger partial charge in [-0.25, -0.2) is 0 Å². The van der Waals surface area contributed by atoms with Gasteiger partial charge in [-0.2, -0.15) is 0 Å². The predicted octanol–water partition coefficient (Wildman–Crippen LogP) is 2.77. The lowest BCUT2D eigenvalue weighted by Crippen LogP contribution is -2.35. The number of carbonyl (C=O) groups excluding carboxylic acids is 1. The molecule has 0 saturated carbocycles. The lowest BCUT2D eigenvalue weighted by molar-refractivity contribution is 0.0522. The van der Waals surface area contributed by atoms with Gasteiger partial charge in [0.15, 0.2) is 5.78 Å². The van der Waals surface area contributed by atoms with Gasteiger partial charge in [0.2, 0.25) is 11.2 Å². The number of ketones is 1. The summed E-state index contributed by atoms with van der Waals surface area (Å²) in [6, 6.07) is 3.37. The smallest absolute Gasteiger partial charge is 0.229 e. The third-order valence-electron chi connectivity index (χ3n) is 2.54. The summed E-state index contributed by atoms with van der Waals surface area (Å²) in [6.07, 6.45) is 0.389. The third kappa shape index (κ3) is 1.17. The first-order valence-corrected chi connectivity index (χ1v) is 4.80. The molecule has 4 nitrogen and oxygen atoms in total. The Balaban J connectivity index is 2.20. The molecule has 0 fully saturated rings. The standard InChI is InChI=1S/C11H10O4/c1-11(2)5-7(12)6-3-9-10(15-14-9)4-8(6)13-11/h3-4H,5H2,1-2H3. The molecular weight excluding hydrogens is 196 g/mol. The van der Waals surface area contributed by atoms with Crippen LogP contribution in [0.15, 0.2) is 21.3 Å². The van der Waals surface area contributed by atoms with Crippen LogP contribution in [0.4, 0.5) is 0 Å². The van der Waals surface area contributed by atoms with Crippen LogP contribution in [0.5, 0.6) is 5.75 Å². The predicted molar refractivity (Wildman–Crippen MR) is 52.1 cm³/mol. The fourth-order valence-electron chi connectivity index (χ4n) is 1.85. The number of rotatable bonds is 0. The highest BCUT2D eigenvalue weighted by Crippen LogP contribution is 2.36. The molecule has 4 heteroatoms. The molecular formula is C11H10O4. The zero-order chi connectivity index (χ0) is 10.6. The van der Waals surface area contributed by atoms with Crippen molar-refractivity contribution in [3.05, 3.63) is 17.7 Å². The molecule has 1 aliphatic heterocycles. The molecule has 0 bridgehead atoms. The molecule has 0 amide bonds. The minimum Gasteiger partial charge on any atom is -0.486 e. The van der Waals surface area contributed by atoms with Crippen LogP contribution in [0.25, 0.3) is 11.2 Å². The minimum atomic E-state index is -0.442. The molecule has 15 heavy (non-hydrogen) atoms. The van der Waals surface area contributed by atoms with Gasteiger partial charge in [-0.15, -0.1) is 0 Å². The van der Waals surface area contributed by atoms with Gasteiger partial charge < -0.3 is 4.74 Å². The van der Waals surface area contributed by atoms with Gasteiger partial charge in [0.1, 0.15) is 11.4 Å². The number of Topliss-reactive ketones (excluding diaryl/α,β-unsaturated/α-hetero) is 1. The average Bonchev–Trinajstić information content (AvgIpc) is 2.07. The molecule has 1 aromatic carbocycles. The summed E-state index contributed by atoms with van der Waals surface area (Å²) in [4.78, 5) is 11.8. The normalized spacial score (nSPS) is 18.9. The fraction of sp³-hybridized carbons (Fsp3) is 0.364. The van der Waals surface area contributed by atoms with E-state index in [2.05, 4.69) is 0 Å². The van der Waals surface area contributed by atoms with E-state index in [1.165, 1.54) is 0 Å². The van der Waals surface area contributed by atoms with E-state index >= 15 is 0 Å². The molecule has 1 aromatic heterocycles. The van der Waals surface area contributed by atoms with Crippen molar-refractivity contribution in [1.29, 1.82) is 0 Å². The molecule has 78 valence electrons. The summed E-state index contributed by atoms with van der Waals surface area (Å²) in [5.74, 6) is 0.665. The second kappa shape index (κ2) is 2.45. The van der Waals surface area contributed by atoms with Gasteiger partial charge in [0.05, 0.1) is 12.0 Å². The molecule has 1 aliphatic rings. The zero-order valence-corrected chi connectivity index (χ0v) is 8.49. The molecule has 0 unspecified atom stereocenters. The SMILES string of the molecule is CC1(C)CC(=O)c2cc3ooc3cc2O1. The summed E-state index contributed by atoms with van der Waals surface area (Å²) in [6.45, 7) is 3.79. The van der Waals surface area contributed by atoms with E-state index in [1.54, 1.807) is 12.1 Å². The van der Waals surface area contributed by atoms with Crippen molar-refractivity contribution in [1.82, 2.24) is 0 Å². The summed E-state index contributed by atoms with van der Waals surface area (Å²) in [7, 11) is 0. The number of ether oxygens (including phenoxy) is 1. The Morgan fingerprint density at radius 1 is 1.20 bits per heavy atom. The summed E-state index contributed by atoms with van der Waals surface area (Å²) in [5, 5.41) is 0. The van der Waals surface area contributed by atoms with Crippen molar-refractivity contribution in [2.45, 2.75) is 25.9 Å². The highest BCUT2D eigenvalue weighted by Gasteiger charge is 2.33. The molecule has 0 atom stereocenters. The van der Waals surface area contributed by atoms with Crippen LogP contribution >= 0.6 is 0 Å². The van der Waals surface area contributed by atoms with Crippen LogP contribution < -0.4 is 4.74 Å². The molecule has 3 rings (SSSR count). The Morgan fingerprint density at radius 2 is 1.87 bits per heavy atom. The highest BCUT2D eigenvalue weighted by atomic mass is 17.0. The first kappa shape index (κ1) is 8.59. The minimum absolute atomic E-state index is 0.0829. The zero-order valence-electron chi connectivity index (χ0n) is 8.49. The quantitative estimate of drug-likeness (QED) is 0.622. The molecule has 0 aliphatic carbocycles. The van der Waals surface area contributed by atoms with E-state index in [-0.39, 0.29) is 5.78 Å².